The topological polar surface area (TPSA) is 42.0 Å². The minimum atomic E-state index is -0.0874. The third-order valence-electron chi connectivity index (χ3n) is 2.53. The van der Waals surface area contributed by atoms with Gasteiger partial charge in [-0.2, -0.15) is 0 Å². The first kappa shape index (κ1) is 12.6. The zero-order chi connectivity index (χ0) is 12.8. The Bertz CT molecular complexity index is 511. The molecule has 1 N–H and O–H groups in total. The molecule has 0 spiro atoms. The Morgan fingerprint density at radius 2 is 2.00 bits per heavy atom. The number of benzene rings is 1. The van der Waals surface area contributed by atoms with Crippen LogP contribution in [0.1, 0.15) is 15.9 Å². The lowest BCUT2D eigenvalue weighted by Crippen LogP contribution is -2.25. The van der Waals surface area contributed by atoms with Crippen molar-refractivity contribution in [3.8, 4) is 0 Å². The average Bonchev–Trinajstić information content (AvgIpc) is 2.40. The molecular weight excluding hydrogens is 248 g/mol. The summed E-state index contributed by atoms with van der Waals surface area (Å²) in [6.45, 7) is 0.590. The van der Waals surface area contributed by atoms with Crippen molar-refractivity contribution in [3.63, 3.8) is 0 Å². The molecule has 2 rings (SSSR count). The van der Waals surface area contributed by atoms with Crippen LogP contribution in [0.25, 0.3) is 0 Å². The van der Waals surface area contributed by atoms with Gasteiger partial charge < -0.3 is 5.32 Å². The van der Waals surface area contributed by atoms with Crippen LogP contribution in [0, 0.1) is 0 Å². The van der Waals surface area contributed by atoms with Crippen LogP contribution in [0.3, 0.4) is 0 Å². The number of hydrogen-bond acceptors (Lipinski definition) is 2. The molecule has 1 heterocycles. The van der Waals surface area contributed by atoms with Crippen molar-refractivity contribution < 1.29 is 4.79 Å². The second kappa shape index (κ2) is 6.17. The van der Waals surface area contributed by atoms with E-state index in [1.165, 1.54) is 0 Å². The van der Waals surface area contributed by atoms with Crippen molar-refractivity contribution >= 4 is 17.5 Å². The molecule has 4 heteroatoms. The lowest BCUT2D eigenvalue weighted by atomic mass is 10.2. The van der Waals surface area contributed by atoms with E-state index in [0.717, 1.165) is 12.0 Å². The lowest BCUT2D eigenvalue weighted by molar-refractivity contribution is 0.0954. The van der Waals surface area contributed by atoms with Gasteiger partial charge in [0, 0.05) is 29.5 Å². The van der Waals surface area contributed by atoms with Crippen LogP contribution in [0.15, 0.2) is 48.8 Å². The molecule has 0 atom stereocenters. The van der Waals surface area contributed by atoms with Crippen LogP contribution < -0.4 is 5.32 Å². The zero-order valence-corrected chi connectivity index (χ0v) is 10.5. The Kier molecular flexibility index (Phi) is 4.31. The van der Waals surface area contributed by atoms with E-state index in [9.17, 15) is 4.79 Å². The summed E-state index contributed by atoms with van der Waals surface area (Å²) in [6, 6.07) is 10.7. The summed E-state index contributed by atoms with van der Waals surface area (Å²) in [6.07, 6.45) is 4.30. The standard InChI is InChI=1S/C14H13ClN2O/c15-13-5-3-12(4-6-13)14(18)17-9-7-11-2-1-8-16-10-11/h1-6,8,10H,7,9H2,(H,17,18). The van der Waals surface area contributed by atoms with E-state index >= 15 is 0 Å². The number of carbonyl (C=O) groups excluding carboxylic acids is 1. The molecule has 0 aliphatic heterocycles. The van der Waals surface area contributed by atoms with Crippen molar-refractivity contribution in [2.24, 2.45) is 0 Å². The van der Waals surface area contributed by atoms with Gasteiger partial charge in [0.25, 0.3) is 5.91 Å². The largest absolute Gasteiger partial charge is 0.352 e. The fourth-order valence-corrected chi connectivity index (χ4v) is 1.70. The third-order valence-corrected chi connectivity index (χ3v) is 2.78. The summed E-state index contributed by atoms with van der Waals surface area (Å²) < 4.78 is 0. The van der Waals surface area contributed by atoms with Gasteiger partial charge in [0.2, 0.25) is 0 Å². The van der Waals surface area contributed by atoms with Crippen LogP contribution in [-0.4, -0.2) is 17.4 Å². The van der Waals surface area contributed by atoms with Crippen molar-refractivity contribution in [2.45, 2.75) is 6.42 Å². The zero-order valence-electron chi connectivity index (χ0n) is 9.77. The van der Waals surface area contributed by atoms with Crippen molar-refractivity contribution in [3.05, 3.63) is 64.9 Å². The Balaban J connectivity index is 1.84. The Labute approximate surface area is 111 Å². The fourth-order valence-electron chi connectivity index (χ4n) is 1.57. The maximum atomic E-state index is 11.8. The highest BCUT2D eigenvalue weighted by molar-refractivity contribution is 6.30. The molecule has 1 aromatic carbocycles. The van der Waals surface area contributed by atoms with Gasteiger partial charge in [0.15, 0.2) is 0 Å². The Morgan fingerprint density at radius 1 is 1.22 bits per heavy atom. The van der Waals surface area contributed by atoms with Crippen LogP contribution in [-0.2, 0) is 6.42 Å². The first-order chi connectivity index (χ1) is 8.75. The summed E-state index contributed by atoms with van der Waals surface area (Å²) in [5.41, 5.74) is 1.72. The van der Waals surface area contributed by atoms with Crippen LogP contribution >= 0.6 is 11.6 Å². The van der Waals surface area contributed by atoms with Crippen molar-refractivity contribution in [1.29, 1.82) is 0 Å². The molecule has 0 fully saturated rings. The molecule has 0 unspecified atom stereocenters. The summed E-state index contributed by atoms with van der Waals surface area (Å²) in [7, 11) is 0. The van der Waals surface area contributed by atoms with Gasteiger partial charge in [0.05, 0.1) is 0 Å². The van der Waals surface area contributed by atoms with Gasteiger partial charge in [-0.1, -0.05) is 17.7 Å². The quantitative estimate of drug-likeness (QED) is 0.918. The third kappa shape index (κ3) is 3.57. The maximum absolute atomic E-state index is 11.8. The normalized spacial score (nSPS) is 10.1. The van der Waals surface area contributed by atoms with Crippen LogP contribution in [0.4, 0.5) is 0 Å². The second-order valence-electron chi connectivity index (χ2n) is 3.87. The highest BCUT2D eigenvalue weighted by atomic mass is 35.5. The lowest BCUT2D eigenvalue weighted by Gasteiger charge is -2.05. The number of halogens is 1. The molecule has 3 nitrogen and oxygen atoms in total. The van der Waals surface area contributed by atoms with E-state index in [0.29, 0.717) is 17.1 Å². The number of nitrogens with one attached hydrogen (secondary N) is 1. The first-order valence-electron chi connectivity index (χ1n) is 5.68. The maximum Gasteiger partial charge on any atom is 0.251 e. The molecule has 0 saturated carbocycles. The predicted octanol–water partition coefficient (Wildman–Crippen LogP) is 2.71. The highest BCUT2D eigenvalue weighted by Crippen LogP contribution is 2.09. The SMILES string of the molecule is O=C(NCCc1cccnc1)c1ccc(Cl)cc1. The fraction of sp³-hybridized carbons (Fsp3) is 0.143. The summed E-state index contributed by atoms with van der Waals surface area (Å²) in [5, 5.41) is 3.48. The molecule has 0 radical (unpaired) electrons. The van der Waals surface area contributed by atoms with E-state index in [1.54, 1.807) is 36.7 Å². The molecule has 0 aliphatic rings. The van der Waals surface area contributed by atoms with E-state index in [-0.39, 0.29) is 5.91 Å². The van der Waals surface area contributed by atoms with Gasteiger partial charge >= 0.3 is 0 Å². The highest BCUT2D eigenvalue weighted by Gasteiger charge is 2.04. The second-order valence-corrected chi connectivity index (χ2v) is 4.31. The van der Waals surface area contributed by atoms with E-state index in [2.05, 4.69) is 10.3 Å². The first-order valence-corrected chi connectivity index (χ1v) is 6.06. The number of carbonyl (C=O) groups is 1. The Hall–Kier alpha value is -1.87. The van der Waals surface area contributed by atoms with Gasteiger partial charge in [-0.15, -0.1) is 0 Å². The monoisotopic (exact) mass is 260 g/mol. The minimum absolute atomic E-state index is 0.0874. The number of nitrogens with zero attached hydrogens (tertiary/aromatic N) is 1. The molecular formula is C14H13ClN2O. The van der Waals surface area contributed by atoms with Crippen molar-refractivity contribution in [2.75, 3.05) is 6.54 Å². The Morgan fingerprint density at radius 3 is 2.67 bits per heavy atom. The van der Waals surface area contributed by atoms with Gasteiger partial charge in [-0.3, -0.25) is 9.78 Å². The van der Waals surface area contributed by atoms with Crippen LogP contribution in [0.2, 0.25) is 5.02 Å². The number of pyridine rings is 1. The molecule has 0 aliphatic carbocycles. The summed E-state index contributed by atoms with van der Waals surface area (Å²) in [4.78, 5) is 15.8. The molecule has 92 valence electrons. The predicted molar refractivity (Wildman–Crippen MR) is 71.7 cm³/mol. The molecule has 1 amide bonds. The van der Waals surface area contributed by atoms with Gasteiger partial charge in [-0.25, -0.2) is 0 Å². The number of amides is 1. The number of aromatic nitrogens is 1. The smallest absolute Gasteiger partial charge is 0.251 e. The molecule has 0 bridgehead atoms. The molecule has 0 saturated heterocycles. The van der Waals surface area contributed by atoms with Crippen molar-refractivity contribution in [1.82, 2.24) is 10.3 Å². The number of rotatable bonds is 4. The number of hydrogen-bond donors (Lipinski definition) is 1. The van der Waals surface area contributed by atoms with Gasteiger partial charge in [-0.05, 0) is 42.3 Å². The van der Waals surface area contributed by atoms with Gasteiger partial charge in [0.1, 0.15) is 0 Å². The minimum Gasteiger partial charge on any atom is -0.352 e. The average molecular weight is 261 g/mol. The molecule has 2 aromatic rings. The van der Waals surface area contributed by atoms with E-state index < -0.39 is 0 Å². The summed E-state index contributed by atoms with van der Waals surface area (Å²) >= 11 is 5.76. The molecule has 1 aromatic heterocycles. The van der Waals surface area contributed by atoms with E-state index in [4.69, 9.17) is 11.6 Å². The summed E-state index contributed by atoms with van der Waals surface area (Å²) in [5.74, 6) is -0.0874. The van der Waals surface area contributed by atoms with E-state index in [1.807, 2.05) is 12.1 Å². The van der Waals surface area contributed by atoms with Crippen LogP contribution in [0.5, 0.6) is 0 Å². The molecule has 18 heavy (non-hydrogen) atoms.